The van der Waals surface area contributed by atoms with Crippen molar-refractivity contribution in [2.24, 2.45) is 0 Å². The molecule has 0 bridgehead atoms. The third kappa shape index (κ3) is 6.56. The van der Waals surface area contributed by atoms with Crippen molar-refractivity contribution in [3.8, 4) is 11.8 Å². The van der Waals surface area contributed by atoms with Gasteiger partial charge in [0.1, 0.15) is 0 Å². The van der Waals surface area contributed by atoms with Gasteiger partial charge in [-0.15, -0.1) is 0 Å². The van der Waals surface area contributed by atoms with E-state index in [-0.39, 0.29) is 6.03 Å². The van der Waals surface area contributed by atoms with Crippen molar-refractivity contribution in [2.75, 3.05) is 26.8 Å². The highest BCUT2D eigenvalue weighted by atomic mass is 16.5. The first-order valence-corrected chi connectivity index (χ1v) is 5.87. The summed E-state index contributed by atoms with van der Waals surface area (Å²) in [6.07, 6.45) is 0.805. The van der Waals surface area contributed by atoms with E-state index in [1.165, 1.54) is 0 Å². The van der Waals surface area contributed by atoms with Crippen molar-refractivity contribution in [1.29, 1.82) is 0 Å². The average molecular weight is 246 g/mol. The second-order valence-corrected chi connectivity index (χ2v) is 3.62. The van der Waals surface area contributed by atoms with Gasteiger partial charge in [-0.25, -0.2) is 4.79 Å². The summed E-state index contributed by atoms with van der Waals surface area (Å²) in [5, 5.41) is 5.38. The topological polar surface area (TPSA) is 50.4 Å². The Bertz CT molecular complexity index is 407. The highest BCUT2D eigenvalue weighted by Crippen LogP contribution is 1.93. The van der Waals surface area contributed by atoms with Crippen molar-refractivity contribution < 1.29 is 9.53 Å². The monoisotopic (exact) mass is 246 g/mol. The van der Waals surface area contributed by atoms with Crippen LogP contribution >= 0.6 is 0 Å². The maximum atomic E-state index is 11.3. The Morgan fingerprint density at radius 1 is 1.28 bits per heavy atom. The number of hydrogen-bond donors (Lipinski definition) is 2. The Morgan fingerprint density at radius 2 is 2.06 bits per heavy atom. The molecule has 0 fully saturated rings. The van der Waals surface area contributed by atoms with E-state index in [2.05, 4.69) is 22.5 Å². The first-order chi connectivity index (χ1) is 8.83. The Hall–Kier alpha value is -1.99. The zero-order valence-electron chi connectivity index (χ0n) is 10.5. The SMILES string of the molecule is COCCCNC(=O)NCC#Cc1ccccc1. The first kappa shape index (κ1) is 14.1. The Kier molecular flexibility index (Phi) is 7.10. The van der Waals surface area contributed by atoms with Gasteiger partial charge in [-0.05, 0) is 18.6 Å². The molecule has 0 heterocycles. The summed E-state index contributed by atoms with van der Waals surface area (Å²) in [4.78, 5) is 11.3. The number of amides is 2. The van der Waals surface area contributed by atoms with Gasteiger partial charge in [0.2, 0.25) is 0 Å². The fourth-order valence-corrected chi connectivity index (χ4v) is 1.27. The third-order valence-electron chi connectivity index (χ3n) is 2.15. The molecule has 0 aliphatic carbocycles. The van der Waals surface area contributed by atoms with Gasteiger partial charge in [0.15, 0.2) is 0 Å². The summed E-state index contributed by atoms with van der Waals surface area (Å²) in [5.74, 6) is 5.85. The molecular formula is C14H18N2O2. The van der Waals surface area contributed by atoms with Gasteiger partial charge < -0.3 is 15.4 Å². The number of rotatable bonds is 5. The molecule has 4 nitrogen and oxygen atoms in total. The molecule has 0 unspecified atom stereocenters. The Labute approximate surface area is 108 Å². The van der Waals surface area contributed by atoms with E-state index in [0.717, 1.165) is 12.0 Å². The normalized spacial score (nSPS) is 9.17. The van der Waals surface area contributed by atoms with Crippen molar-refractivity contribution >= 4 is 6.03 Å². The van der Waals surface area contributed by atoms with Gasteiger partial charge in [0, 0.05) is 25.8 Å². The predicted molar refractivity (Wildman–Crippen MR) is 71.2 cm³/mol. The van der Waals surface area contributed by atoms with Crippen LogP contribution in [0.5, 0.6) is 0 Å². The molecule has 0 aliphatic heterocycles. The molecule has 0 aromatic heterocycles. The molecule has 0 spiro atoms. The molecule has 0 aliphatic rings. The lowest BCUT2D eigenvalue weighted by Crippen LogP contribution is -2.36. The molecule has 2 N–H and O–H groups in total. The van der Waals surface area contributed by atoms with Gasteiger partial charge >= 0.3 is 6.03 Å². The lowest BCUT2D eigenvalue weighted by molar-refractivity contribution is 0.193. The van der Waals surface area contributed by atoms with Gasteiger partial charge in [0.25, 0.3) is 0 Å². The van der Waals surface area contributed by atoms with E-state index >= 15 is 0 Å². The largest absolute Gasteiger partial charge is 0.385 e. The van der Waals surface area contributed by atoms with Crippen LogP contribution in [-0.4, -0.2) is 32.8 Å². The molecule has 96 valence electrons. The summed E-state index contributed by atoms with van der Waals surface area (Å²) < 4.78 is 4.88. The van der Waals surface area contributed by atoms with E-state index in [9.17, 15) is 4.79 Å². The van der Waals surface area contributed by atoms with E-state index in [0.29, 0.717) is 19.7 Å². The Morgan fingerprint density at radius 3 is 2.78 bits per heavy atom. The molecule has 1 rings (SSSR count). The molecule has 2 amide bonds. The molecule has 0 saturated carbocycles. The van der Waals surface area contributed by atoms with Crippen LogP contribution in [-0.2, 0) is 4.74 Å². The van der Waals surface area contributed by atoms with Crippen molar-refractivity contribution in [3.63, 3.8) is 0 Å². The highest BCUT2D eigenvalue weighted by Gasteiger charge is 1.95. The van der Waals surface area contributed by atoms with Gasteiger partial charge in [-0.2, -0.15) is 0 Å². The second kappa shape index (κ2) is 9.08. The fourth-order valence-electron chi connectivity index (χ4n) is 1.27. The molecule has 1 aromatic carbocycles. The van der Waals surface area contributed by atoms with Gasteiger partial charge in [-0.3, -0.25) is 0 Å². The van der Waals surface area contributed by atoms with Gasteiger partial charge in [0.05, 0.1) is 6.54 Å². The fraction of sp³-hybridized carbons (Fsp3) is 0.357. The highest BCUT2D eigenvalue weighted by molar-refractivity contribution is 5.74. The summed E-state index contributed by atoms with van der Waals surface area (Å²) in [7, 11) is 1.64. The van der Waals surface area contributed by atoms with Crippen molar-refractivity contribution in [3.05, 3.63) is 35.9 Å². The van der Waals surface area contributed by atoms with Gasteiger partial charge in [-0.1, -0.05) is 30.0 Å². The zero-order chi connectivity index (χ0) is 13.1. The number of carbonyl (C=O) groups is 1. The number of carbonyl (C=O) groups excluding carboxylic acids is 1. The van der Waals surface area contributed by atoms with Crippen LogP contribution < -0.4 is 10.6 Å². The lowest BCUT2D eigenvalue weighted by atomic mass is 10.2. The maximum Gasteiger partial charge on any atom is 0.315 e. The summed E-state index contributed by atoms with van der Waals surface area (Å²) in [6, 6.07) is 9.46. The lowest BCUT2D eigenvalue weighted by Gasteiger charge is -2.04. The predicted octanol–water partition coefficient (Wildman–Crippen LogP) is 1.37. The minimum atomic E-state index is -0.200. The van der Waals surface area contributed by atoms with Crippen molar-refractivity contribution in [1.82, 2.24) is 10.6 Å². The number of urea groups is 1. The van der Waals surface area contributed by atoms with Crippen LogP contribution in [0.4, 0.5) is 4.79 Å². The van der Waals surface area contributed by atoms with Crippen molar-refractivity contribution in [2.45, 2.75) is 6.42 Å². The van der Waals surface area contributed by atoms with Crippen LogP contribution in [0.1, 0.15) is 12.0 Å². The van der Waals surface area contributed by atoms with Crippen LogP contribution in [0.25, 0.3) is 0 Å². The minimum Gasteiger partial charge on any atom is -0.385 e. The van der Waals surface area contributed by atoms with E-state index in [1.54, 1.807) is 7.11 Å². The second-order valence-electron chi connectivity index (χ2n) is 3.62. The Balaban J connectivity index is 2.14. The summed E-state index contributed by atoms with van der Waals surface area (Å²) in [5.41, 5.74) is 0.944. The standard InChI is InChI=1S/C14H18N2O2/c1-18-12-6-11-16-14(17)15-10-5-9-13-7-3-2-4-8-13/h2-4,7-8H,6,10-12H2,1H3,(H2,15,16,17). The van der Waals surface area contributed by atoms with E-state index < -0.39 is 0 Å². The summed E-state index contributed by atoms with van der Waals surface area (Å²) in [6.45, 7) is 1.59. The van der Waals surface area contributed by atoms with Crippen LogP contribution in [0, 0.1) is 11.8 Å². The molecule has 0 saturated heterocycles. The average Bonchev–Trinajstić information content (AvgIpc) is 2.41. The number of benzene rings is 1. The number of ether oxygens (including phenoxy) is 1. The van der Waals surface area contributed by atoms with Crippen LogP contribution in [0.15, 0.2) is 30.3 Å². The third-order valence-corrected chi connectivity index (χ3v) is 2.15. The molecule has 18 heavy (non-hydrogen) atoms. The number of hydrogen-bond acceptors (Lipinski definition) is 2. The van der Waals surface area contributed by atoms with Crippen LogP contribution in [0.2, 0.25) is 0 Å². The molecule has 0 atom stereocenters. The molecule has 1 aromatic rings. The smallest absolute Gasteiger partial charge is 0.315 e. The first-order valence-electron chi connectivity index (χ1n) is 5.87. The molecule has 4 heteroatoms. The minimum absolute atomic E-state index is 0.200. The number of methoxy groups -OCH3 is 1. The quantitative estimate of drug-likeness (QED) is 0.609. The van der Waals surface area contributed by atoms with Crippen LogP contribution in [0.3, 0.4) is 0 Å². The zero-order valence-corrected chi connectivity index (χ0v) is 10.5. The summed E-state index contributed by atoms with van der Waals surface area (Å²) >= 11 is 0. The molecule has 0 radical (unpaired) electrons. The number of nitrogens with one attached hydrogen (secondary N) is 2. The maximum absolute atomic E-state index is 11.3. The van der Waals surface area contributed by atoms with E-state index in [1.807, 2.05) is 30.3 Å². The molecular weight excluding hydrogens is 228 g/mol. The van der Waals surface area contributed by atoms with E-state index in [4.69, 9.17) is 4.74 Å².